The predicted octanol–water partition coefficient (Wildman–Crippen LogP) is 3.74. The smallest absolute Gasteiger partial charge is 0.226 e. The molecular weight excluding hydrogens is 420 g/mol. The van der Waals surface area contributed by atoms with Gasteiger partial charge < -0.3 is 9.64 Å². The summed E-state index contributed by atoms with van der Waals surface area (Å²) in [7, 11) is 1.65. The summed E-state index contributed by atoms with van der Waals surface area (Å²) in [6, 6.07) is 13.8. The molecule has 7 heteroatoms. The van der Waals surface area contributed by atoms with Crippen molar-refractivity contribution < 1.29 is 9.53 Å². The Morgan fingerprint density at radius 1 is 1.22 bits per heavy atom. The Morgan fingerprint density at radius 2 is 2.00 bits per heavy atom. The molecule has 6 nitrogen and oxygen atoms in total. The fourth-order valence-electron chi connectivity index (χ4n) is 4.91. The lowest BCUT2D eigenvalue weighted by molar-refractivity contribution is -0.132. The van der Waals surface area contributed by atoms with Gasteiger partial charge in [0.2, 0.25) is 5.91 Å². The van der Waals surface area contributed by atoms with Crippen molar-refractivity contribution in [3.63, 3.8) is 0 Å². The van der Waals surface area contributed by atoms with Crippen LogP contribution in [0.4, 0.5) is 0 Å². The Bertz CT molecular complexity index is 1010. The van der Waals surface area contributed by atoms with Gasteiger partial charge in [-0.1, -0.05) is 12.1 Å². The summed E-state index contributed by atoms with van der Waals surface area (Å²) in [6.45, 7) is 4.61. The molecule has 2 saturated heterocycles. The summed E-state index contributed by atoms with van der Waals surface area (Å²) in [6.07, 6.45) is 5.69. The molecule has 2 aliphatic rings. The van der Waals surface area contributed by atoms with Crippen LogP contribution in [0.2, 0.25) is 0 Å². The molecule has 2 aliphatic heterocycles. The number of carbonyl (C=O) groups is 1. The molecule has 0 unspecified atom stereocenters. The molecule has 1 aromatic heterocycles. The van der Waals surface area contributed by atoms with Gasteiger partial charge in [-0.05, 0) is 67.3 Å². The van der Waals surface area contributed by atoms with Crippen LogP contribution in [0.3, 0.4) is 0 Å². The molecule has 168 valence electrons. The zero-order valence-corrected chi connectivity index (χ0v) is 19.7. The number of pyridine rings is 1. The van der Waals surface area contributed by atoms with Crippen LogP contribution in [0.25, 0.3) is 0 Å². The number of ether oxygens (including phenoxy) is 1. The van der Waals surface area contributed by atoms with Crippen molar-refractivity contribution in [2.75, 3.05) is 39.5 Å². The van der Waals surface area contributed by atoms with Gasteiger partial charge in [-0.15, -0.1) is 11.8 Å². The lowest BCUT2D eigenvalue weighted by Crippen LogP contribution is -2.44. The molecule has 0 N–H and O–H groups in total. The topological polar surface area (TPSA) is 69.5 Å². The number of likely N-dealkylation sites (tertiary alicyclic amines) is 2. The van der Waals surface area contributed by atoms with Crippen LogP contribution in [0, 0.1) is 16.7 Å². The van der Waals surface area contributed by atoms with E-state index in [9.17, 15) is 10.1 Å². The molecule has 0 atom stereocenters. The number of benzene rings is 1. The standard InChI is InChI=1S/C25H30N4O2S/c1-31-22-5-3-4-19(14-22)15-23(30)29-12-9-25(10-13-29)8-11-28(18-25)17-21-7-6-20(16-26)24(27-21)32-2/h3-7,14H,8-13,15,17-18H2,1-2H3. The maximum Gasteiger partial charge on any atom is 0.226 e. The van der Waals surface area contributed by atoms with E-state index < -0.39 is 0 Å². The number of nitrogens with zero attached hydrogens (tertiary/aromatic N) is 4. The highest BCUT2D eigenvalue weighted by molar-refractivity contribution is 7.98. The molecule has 1 spiro atoms. The minimum Gasteiger partial charge on any atom is -0.497 e. The van der Waals surface area contributed by atoms with Crippen molar-refractivity contribution >= 4 is 17.7 Å². The summed E-state index contributed by atoms with van der Waals surface area (Å²) in [5, 5.41) is 10.0. The number of piperidine rings is 1. The Balaban J connectivity index is 1.30. The average molecular weight is 451 g/mol. The predicted molar refractivity (Wildman–Crippen MR) is 126 cm³/mol. The van der Waals surface area contributed by atoms with E-state index in [4.69, 9.17) is 4.74 Å². The van der Waals surface area contributed by atoms with Crippen LogP contribution >= 0.6 is 11.8 Å². The number of rotatable bonds is 6. The zero-order valence-electron chi connectivity index (χ0n) is 18.8. The fourth-order valence-corrected chi connectivity index (χ4v) is 5.45. The monoisotopic (exact) mass is 450 g/mol. The van der Waals surface area contributed by atoms with Gasteiger partial charge in [-0.25, -0.2) is 4.98 Å². The first-order chi connectivity index (χ1) is 15.5. The number of amides is 1. The average Bonchev–Trinajstić information content (AvgIpc) is 3.21. The minimum absolute atomic E-state index is 0.203. The largest absolute Gasteiger partial charge is 0.497 e. The van der Waals surface area contributed by atoms with Gasteiger partial charge in [-0.2, -0.15) is 5.26 Å². The maximum atomic E-state index is 12.8. The number of methoxy groups -OCH3 is 1. The Hall–Kier alpha value is -2.56. The van der Waals surface area contributed by atoms with E-state index in [1.165, 1.54) is 18.2 Å². The van der Waals surface area contributed by atoms with Crippen molar-refractivity contribution in [2.24, 2.45) is 5.41 Å². The lowest BCUT2D eigenvalue weighted by Gasteiger charge is -2.39. The van der Waals surface area contributed by atoms with Gasteiger partial charge >= 0.3 is 0 Å². The van der Waals surface area contributed by atoms with Crippen LogP contribution in [0.5, 0.6) is 5.75 Å². The number of aromatic nitrogens is 1. The van der Waals surface area contributed by atoms with Gasteiger partial charge in [0.1, 0.15) is 16.8 Å². The summed E-state index contributed by atoms with van der Waals surface area (Å²) in [5.41, 5.74) is 2.98. The van der Waals surface area contributed by atoms with E-state index in [1.54, 1.807) is 7.11 Å². The van der Waals surface area contributed by atoms with Crippen molar-refractivity contribution in [2.45, 2.75) is 37.3 Å². The van der Waals surface area contributed by atoms with E-state index >= 15 is 0 Å². The highest BCUT2D eigenvalue weighted by Crippen LogP contribution is 2.41. The molecule has 4 rings (SSSR count). The zero-order chi connectivity index (χ0) is 22.6. The molecule has 0 bridgehead atoms. The molecule has 0 saturated carbocycles. The van der Waals surface area contributed by atoms with E-state index in [-0.39, 0.29) is 5.91 Å². The van der Waals surface area contributed by atoms with Crippen molar-refractivity contribution in [3.8, 4) is 11.8 Å². The number of thioether (sulfide) groups is 1. The van der Waals surface area contributed by atoms with Crippen LogP contribution < -0.4 is 4.74 Å². The maximum absolute atomic E-state index is 12.8. The first-order valence-electron chi connectivity index (χ1n) is 11.1. The van der Waals surface area contributed by atoms with Crippen LogP contribution in [-0.2, 0) is 17.8 Å². The summed E-state index contributed by atoms with van der Waals surface area (Å²) in [4.78, 5) is 22.0. The molecule has 2 aromatic rings. The number of carbonyl (C=O) groups excluding carboxylic acids is 1. The third-order valence-electron chi connectivity index (χ3n) is 6.80. The highest BCUT2D eigenvalue weighted by atomic mass is 32.2. The van der Waals surface area contributed by atoms with Gasteiger partial charge in [0.05, 0.1) is 24.8 Å². The summed E-state index contributed by atoms with van der Waals surface area (Å²) < 4.78 is 5.27. The van der Waals surface area contributed by atoms with Crippen molar-refractivity contribution in [3.05, 3.63) is 53.2 Å². The van der Waals surface area contributed by atoms with Crippen LogP contribution in [0.15, 0.2) is 41.4 Å². The van der Waals surface area contributed by atoms with Crippen molar-refractivity contribution in [1.29, 1.82) is 5.26 Å². The normalized spacial score (nSPS) is 18.0. The molecule has 0 aliphatic carbocycles. The van der Waals surface area contributed by atoms with E-state index in [1.807, 2.05) is 47.6 Å². The van der Waals surface area contributed by atoms with Crippen LogP contribution in [-0.4, -0.2) is 60.2 Å². The number of nitriles is 1. The molecule has 32 heavy (non-hydrogen) atoms. The summed E-state index contributed by atoms with van der Waals surface area (Å²) in [5.74, 6) is 0.995. The quantitative estimate of drug-likeness (QED) is 0.625. The van der Waals surface area contributed by atoms with Crippen LogP contribution in [0.1, 0.15) is 36.1 Å². The first-order valence-corrected chi connectivity index (χ1v) is 12.3. The second-order valence-corrected chi connectivity index (χ2v) is 9.64. The third-order valence-corrected chi connectivity index (χ3v) is 7.50. The second kappa shape index (κ2) is 9.93. The first kappa shape index (κ1) is 22.6. The fraction of sp³-hybridized carbons (Fsp3) is 0.480. The van der Waals surface area contributed by atoms with E-state index in [0.29, 0.717) is 17.4 Å². The van der Waals surface area contributed by atoms with Gasteiger partial charge in [-0.3, -0.25) is 9.69 Å². The Kier molecular flexibility index (Phi) is 7.02. The summed E-state index contributed by atoms with van der Waals surface area (Å²) >= 11 is 1.52. The molecule has 2 fully saturated rings. The molecular formula is C25H30N4O2S. The molecule has 1 amide bonds. The van der Waals surface area contributed by atoms with Crippen molar-refractivity contribution in [1.82, 2.24) is 14.8 Å². The van der Waals surface area contributed by atoms with Gasteiger partial charge in [0.25, 0.3) is 0 Å². The molecule has 3 heterocycles. The molecule has 1 aromatic carbocycles. The lowest BCUT2D eigenvalue weighted by atomic mass is 9.77. The van der Waals surface area contributed by atoms with E-state index in [2.05, 4.69) is 16.0 Å². The SMILES string of the molecule is COc1cccc(CC(=O)N2CCC3(CCN(Cc4ccc(C#N)c(SC)n4)C3)CC2)c1. The minimum atomic E-state index is 0.203. The highest BCUT2D eigenvalue weighted by Gasteiger charge is 2.41. The van der Waals surface area contributed by atoms with Gasteiger partial charge in [0, 0.05) is 26.2 Å². The Morgan fingerprint density at radius 3 is 2.72 bits per heavy atom. The van der Waals surface area contributed by atoms with Gasteiger partial charge in [0.15, 0.2) is 0 Å². The third kappa shape index (κ3) is 5.08. The number of hydrogen-bond acceptors (Lipinski definition) is 6. The molecule has 0 radical (unpaired) electrons. The number of hydrogen-bond donors (Lipinski definition) is 0. The Labute approximate surface area is 194 Å². The van der Waals surface area contributed by atoms with E-state index in [0.717, 1.165) is 67.6 Å². The second-order valence-electron chi connectivity index (χ2n) is 8.84.